The van der Waals surface area contributed by atoms with E-state index in [1.807, 2.05) is 6.07 Å². The van der Waals surface area contributed by atoms with Crippen molar-refractivity contribution in [2.75, 3.05) is 7.05 Å². The van der Waals surface area contributed by atoms with Gasteiger partial charge in [-0.25, -0.2) is 8.42 Å². The second kappa shape index (κ2) is 5.81. The molecule has 0 N–H and O–H groups in total. The summed E-state index contributed by atoms with van der Waals surface area (Å²) >= 11 is 12.7. The van der Waals surface area contributed by atoms with E-state index in [0.717, 1.165) is 16.9 Å². The van der Waals surface area contributed by atoms with Crippen molar-refractivity contribution >= 4 is 44.6 Å². The molecule has 0 amide bonds. The molecule has 0 saturated carbocycles. The third-order valence-corrected chi connectivity index (χ3v) is 6.24. The first-order valence-corrected chi connectivity index (χ1v) is 8.37. The van der Waals surface area contributed by atoms with Gasteiger partial charge in [0.2, 0.25) is 0 Å². The van der Waals surface area contributed by atoms with Crippen LogP contribution >= 0.6 is 34.5 Å². The molecule has 102 valence electrons. The molecule has 0 aliphatic carbocycles. The van der Waals surface area contributed by atoms with Crippen LogP contribution < -0.4 is 0 Å². The zero-order chi connectivity index (χ0) is 14.0. The molecule has 0 aliphatic heterocycles. The summed E-state index contributed by atoms with van der Waals surface area (Å²) in [6.07, 6.45) is 0. The Balaban J connectivity index is 2.22. The fraction of sp³-hybridized carbons (Fsp3) is 0.167. The van der Waals surface area contributed by atoms with Gasteiger partial charge in [0, 0.05) is 18.6 Å². The van der Waals surface area contributed by atoms with Gasteiger partial charge in [-0.05, 0) is 29.8 Å². The predicted molar refractivity (Wildman–Crippen MR) is 79.4 cm³/mol. The van der Waals surface area contributed by atoms with Crippen LogP contribution in [0.1, 0.15) is 5.56 Å². The molecule has 0 saturated heterocycles. The summed E-state index contributed by atoms with van der Waals surface area (Å²) in [5.74, 6) is 0. The summed E-state index contributed by atoms with van der Waals surface area (Å²) in [6, 6.07) is 10.2. The molecule has 1 aromatic carbocycles. The van der Waals surface area contributed by atoms with Crippen LogP contribution in [0.4, 0.5) is 0 Å². The largest absolute Gasteiger partial charge is 0.252 e. The van der Waals surface area contributed by atoms with E-state index >= 15 is 0 Å². The molecule has 19 heavy (non-hydrogen) atoms. The summed E-state index contributed by atoms with van der Waals surface area (Å²) in [7, 11) is -1.97. The Morgan fingerprint density at radius 3 is 2.53 bits per heavy atom. The minimum Gasteiger partial charge on any atom is -0.206 e. The van der Waals surface area contributed by atoms with E-state index in [2.05, 4.69) is 0 Å². The Bertz CT molecular complexity index is 683. The van der Waals surface area contributed by atoms with Crippen LogP contribution in [0.25, 0.3) is 0 Å². The summed E-state index contributed by atoms with van der Waals surface area (Å²) < 4.78 is 26.5. The lowest BCUT2D eigenvalue weighted by Crippen LogP contribution is -2.25. The van der Waals surface area contributed by atoms with Gasteiger partial charge in [0.1, 0.15) is 4.21 Å². The minimum absolute atomic E-state index is 0.238. The van der Waals surface area contributed by atoms with Gasteiger partial charge in [-0.3, -0.25) is 0 Å². The zero-order valence-corrected chi connectivity index (χ0v) is 13.2. The lowest BCUT2D eigenvalue weighted by molar-refractivity contribution is 0.468. The van der Waals surface area contributed by atoms with Gasteiger partial charge >= 0.3 is 0 Å². The third-order valence-electron chi connectivity index (χ3n) is 2.51. The van der Waals surface area contributed by atoms with E-state index in [0.29, 0.717) is 9.36 Å². The molecule has 0 atom stereocenters. The normalized spacial score (nSPS) is 12.0. The van der Waals surface area contributed by atoms with Crippen molar-refractivity contribution in [3.63, 3.8) is 0 Å². The SMILES string of the molecule is CN(Cc1cccc(Cl)c1)S(=O)(=O)c1ccc(Cl)s1. The summed E-state index contributed by atoms with van der Waals surface area (Å²) in [6.45, 7) is 0.262. The van der Waals surface area contributed by atoms with E-state index in [-0.39, 0.29) is 10.8 Å². The van der Waals surface area contributed by atoms with E-state index < -0.39 is 10.0 Å². The topological polar surface area (TPSA) is 37.4 Å². The lowest BCUT2D eigenvalue weighted by Gasteiger charge is -2.16. The minimum atomic E-state index is -3.50. The molecular weight excluding hydrogens is 325 g/mol. The number of hydrogen-bond acceptors (Lipinski definition) is 3. The highest BCUT2D eigenvalue weighted by Gasteiger charge is 2.22. The Morgan fingerprint density at radius 2 is 1.95 bits per heavy atom. The number of hydrogen-bond donors (Lipinski definition) is 0. The maximum atomic E-state index is 12.3. The van der Waals surface area contributed by atoms with Crippen molar-refractivity contribution in [3.8, 4) is 0 Å². The molecule has 0 radical (unpaired) electrons. The molecule has 0 fully saturated rings. The van der Waals surface area contributed by atoms with Crippen molar-refractivity contribution in [3.05, 3.63) is 51.3 Å². The quantitative estimate of drug-likeness (QED) is 0.850. The Kier molecular flexibility index (Phi) is 4.53. The van der Waals surface area contributed by atoms with Gasteiger partial charge < -0.3 is 0 Å². The molecular formula is C12H11Cl2NO2S2. The Labute approximate surface area is 126 Å². The maximum Gasteiger partial charge on any atom is 0.252 e. The maximum absolute atomic E-state index is 12.3. The number of rotatable bonds is 4. The Morgan fingerprint density at radius 1 is 1.21 bits per heavy atom. The second-order valence-corrected chi connectivity index (χ2v) is 8.37. The van der Waals surface area contributed by atoms with Crippen LogP contribution in [0, 0.1) is 0 Å². The first kappa shape index (κ1) is 14.8. The van der Waals surface area contributed by atoms with Crippen LogP contribution in [-0.2, 0) is 16.6 Å². The number of sulfonamides is 1. The molecule has 1 heterocycles. The molecule has 0 bridgehead atoms. The predicted octanol–water partition coefficient (Wildman–Crippen LogP) is 3.88. The van der Waals surface area contributed by atoms with Crippen molar-refractivity contribution in [1.29, 1.82) is 0 Å². The summed E-state index contributed by atoms with van der Waals surface area (Å²) in [5, 5.41) is 0.586. The second-order valence-electron chi connectivity index (χ2n) is 3.95. The molecule has 2 aromatic rings. The van der Waals surface area contributed by atoms with E-state index in [1.54, 1.807) is 24.3 Å². The van der Waals surface area contributed by atoms with Crippen molar-refractivity contribution in [1.82, 2.24) is 4.31 Å². The number of halogens is 2. The average molecular weight is 336 g/mol. The van der Waals surface area contributed by atoms with Crippen molar-refractivity contribution in [2.24, 2.45) is 0 Å². The highest BCUT2D eigenvalue weighted by Crippen LogP contribution is 2.28. The van der Waals surface area contributed by atoms with Gasteiger partial charge in [-0.15, -0.1) is 11.3 Å². The van der Waals surface area contributed by atoms with Gasteiger partial charge in [-0.1, -0.05) is 35.3 Å². The van der Waals surface area contributed by atoms with E-state index in [9.17, 15) is 8.42 Å². The number of thiophene rings is 1. The van der Waals surface area contributed by atoms with Crippen LogP contribution in [0.3, 0.4) is 0 Å². The first-order chi connectivity index (χ1) is 8.89. The van der Waals surface area contributed by atoms with Gasteiger partial charge in [0.25, 0.3) is 10.0 Å². The van der Waals surface area contributed by atoms with E-state index in [1.165, 1.54) is 17.4 Å². The van der Waals surface area contributed by atoms with Crippen molar-refractivity contribution in [2.45, 2.75) is 10.8 Å². The fourth-order valence-corrected chi connectivity index (χ4v) is 4.63. The summed E-state index contributed by atoms with van der Waals surface area (Å²) in [5.41, 5.74) is 0.834. The first-order valence-electron chi connectivity index (χ1n) is 5.36. The molecule has 2 rings (SSSR count). The summed E-state index contributed by atoms with van der Waals surface area (Å²) in [4.78, 5) is 0. The molecule has 0 spiro atoms. The molecule has 0 unspecified atom stereocenters. The zero-order valence-electron chi connectivity index (χ0n) is 10.0. The van der Waals surface area contributed by atoms with Crippen LogP contribution in [0.2, 0.25) is 9.36 Å². The smallest absolute Gasteiger partial charge is 0.206 e. The number of nitrogens with zero attached hydrogens (tertiary/aromatic N) is 1. The lowest BCUT2D eigenvalue weighted by atomic mass is 10.2. The molecule has 3 nitrogen and oxygen atoms in total. The highest BCUT2D eigenvalue weighted by molar-refractivity contribution is 7.91. The van der Waals surface area contributed by atoms with Gasteiger partial charge in [0.15, 0.2) is 0 Å². The fourth-order valence-electron chi connectivity index (χ4n) is 1.57. The average Bonchev–Trinajstić information content (AvgIpc) is 2.76. The van der Waals surface area contributed by atoms with Crippen LogP contribution in [0.5, 0.6) is 0 Å². The molecule has 7 heteroatoms. The highest BCUT2D eigenvalue weighted by atomic mass is 35.5. The standard InChI is InChI=1S/C12H11Cl2NO2S2/c1-15(8-9-3-2-4-10(13)7-9)19(16,17)12-6-5-11(14)18-12/h2-7H,8H2,1H3. The van der Waals surface area contributed by atoms with Crippen LogP contribution in [-0.4, -0.2) is 19.8 Å². The Hall–Kier alpha value is -0.590. The number of benzene rings is 1. The van der Waals surface area contributed by atoms with Crippen molar-refractivity contribution < 1.29 is 8.42 Å². The van der Waals surface area contributed by atoms with E-state index in [4.69, 9.17) is 23.2 Å². The van der Waals surface area contributed by atoms with Crippen LogP contribution in [0.15, 0.2) is 40.6 Å². The molecule has 0 aliphatic rings. The van der Waals surface area contributed by atoms with Gasteiger partial charge in [0.05, 0.1) is 4.34 Å². The monoisotopic (exact) mass is 335 g/mol. The third kappa shape index (κ3) is 3.49. The molecule has 1 aromatic heterocycles. The van der Waals surface area contributed by atoms with Gasteiger partial charge in [-0.2, -0.15) is 4.31 Å².